The van der Waals surface area contributed by atoms with Gasteiger partial charge in [-0.05, 0) is 31.0 Å². The summed E-state index contributed by atoms with van der Waals surface area (Å²) in [5.41, 5.74) is 3.19. The van der Waals surface area contributed by atoms with Crippen molar-refractivity contribution in [1.29, 1.82) is 0 Å². The maximum atomic E-state index is 12.1. The van der Waals surface area contributed by atoms with Gasteiger partial charge in [-0.15, -0.1) is 0 Å². The number of anilines is 1. The molecule has 0 radical (unpaired) electrons. The highest BCUT2D eigenvalue weighted by molar-refractivity contribution is 6.40. The molecule has 1 aromatic rings. The molecule has 2 amide bonds. The minimum atomic E-state index is -0.146. The first-order chi connectivity index (χ1) is 9.40. The van der Waals surface area contributed by atoms with E-state index in [9.17, 15) is 9.59 Å². The SMILES string of the molecule is Cc1ccc(C)c(N2N=C(C(=O)N(C)C)CCC2=O)c1. The minimum absolute atomic E-state index is 0.0750. The van der Waals surface area contributed by atoms with Crippen LogP contribution in [0.4, 0.5) is 5.69 Å². The van der Waals surface area contributed by atoms with Gasteiger partial charge in [-0.2, -0.15) is 5.10 Å². The second-order valence-electron chi connectivity index (χ2n) is 5.24. The average Bonchev–Trinajstić information content (AvgIpc) is 2.41. The van der Waals surface area contributed by atoms with Crippen LogP contribution in [0.15, 0.2) is 23.3 Å². The molecule has 0 aromatic heterocycles. The lowest BCUT2D eigenvalue weighted by Gasteiger charge is -2.25. The van der Waals surface area contributed by atoms with E-state index in [1.165, 1.54) is 9.91 Å². The second-order valence-corrected chi connectivity index (χ2v) is 5.24. The van der Waals surface area contributed by atoms with Gasteiger partial charge < -0.3 is 4.90 Å². The van der Waals surface area contributed by atoms with Gasteiger partial charge in [0.05, 0.1) is 5.69 Å². The van der Waals surface area contributed by atoms with Crippen LogP contribution in [0.1, 0.15) is 24.0 Å². The molecule has 1 aliphatic rings. The quantitative estimate of drug-likeness (QED) is 0.826. The molecule has 0 spiro atoms. The Labute approximate surface area is 118 Å². The zero-order valence-corrected chi connectivity index (χ0v) is 12.3. The van der Waals surface area contributed by atoms with E-state index in [-0.39, 0.29) is 11.8 Å². The van der Waals surface area contributed by atoms with Gasteiger partial charge >= 0.3 is 0 Å². The molecule has 0 atom stereocenters. The molecule has 1 aromatic carbocycles. The maximum Gasteiger partial charge on any atom is 0.269 e. The summed E-state index contributed by atoms with van der Waals surface area (Å²) in [6, 6.07) is 5.86. The lowest BCUT2D eigenvalue weighted by Crippen LogP contribution is -2.38. The number of amides is 2. The summed E-state index contributed by atoms with van der Waals surface area (Å²) in [5.74, 6) is -0.221. The molecule has 0 aliphatic carbocycles. The number of carbonyl (C=O) groups is 2. The zero-order valence-electron chi connectivity index (χ0n) is 12.3. The Bertz CT molecular complexity index is 591. The van der Waals surface area contributed by atoms with Gasteiger partial charge in [0, 0.05) is 26.9 Å². The van der Waals surface area contributed by atoms with Gasteiger partial charge in [-0.25, -0.2) is 5.01 Å². The van der Waals surface area contributed by atoms with Gasteiger partial charge in [0.1, 0.15) is 5.71 Å². The largest absolute Gasteiger partial charge is 0.344 e. The van der Waals surface area contributed by atoms with Crippen LogP contribution in [0.5, 0.6) is 0 Å². The molecule has 0 N–H and O–H groups in total. The number of nitrogens with zero attached hydrogens (tertiary/aromatic N) is 3. The molecular formula is C15H19N3O2. The number of hydrogen-bond acceptors (Lipinski definition) is 3. The normalized spacial score (nSPS) is 15.1. The second kappa shape index (κ2) is 5.45. The first kappa shape index (κ1) is 14.2. The van der Waals surface area contributed by atoms with Crippen LogP contribution in [-0.4, -0.2) is 36.5 Å². The van der Waals surface area contributed by atoms with Crippen molar-refractivity contribution in [1.82, 2.24) is 4.90 Å². The number of benzene rings is 1. The molecule has 2 rings (SSSR count). The van der Waals surface area contributed by atoms with E-state index >= 15 is 0 Å². The lowest BCUT2D eigenvalue weighted by molar-refractivity contribution is -0.122. The molecule has 0 fully saturated rings. The fourth-order valence-electron chi connectivity index (χ4n) is 2.10. The standard InChI is InChI=1S/C15H19N3O2/c1-10-5-6-11(2)13(9-10)18-14(19)8-7-12(16-18)15(20)17(3)4/h5-6,9H,7-8H2,1-4H3. The summed E-state index contributed by atoms with van der Waals surface area (Å²) in [6.07, 6.45) is 0.711. The number of hydrazone groups is 1. The van der Waals surface area contributed by atoms with Crippen LogP contribution < -0.4 is 5.01 Å². The third-order valence-electron chi connectivity index (χ3n) is 3.28. The predicted octanol–water partition coefficient (Wildman–Crippen LogP) is 1.87. The molecule has 0 saturated heterocycles. The van der Waals surface area contributed by atoms with Crippen molar-refractivity contribution >= 4 is 23.2 Å². The highest BCUT2D eigenvalue weighted by Crippen LogP contribution is 2.25. The van der Waals surface area contributed by atoms with E-state index in [2.05, 4.69) is 5.10 Å². The molecule has 106 valence electrons. The van der Waals surface area contributed by atoms with Crippen molar-refractivity contribution < 1.29 is 9.59 Å². The molecule has 0 bridgehead atoms. The molecule has 20 heavy (non-hydrogen) atoms. The highest BCUT2D eigenvalue weighted by Gasteiger charge is 2.27. The molecule has 1 aliphatic heterocycles. The van der Waals surface area contributed by atoms with E-state index in [0.717, 1.165) is 16.8 Å². The van der Waals surface area contributed by atoms with E-state index in [1.54, 1.807) is 14.1 Å². The number of hydrogen-bond donors (Lipinski definition) is 0. The zero-order chi connectivity index (χ0) is 14.9. The maximum absolute atomic E-state index is 12.1. The average molecular weight is 273 g/mol. The van der Waals surface area contributed by atoms with Crippen LogP contribution >= 0.6 is 0 Å². The van der Waals surface area contributed by atoms with Gasteiger partial charge in [-0.3, -0.25) is 9.59 Å². The van der Waals surface area contributed by atoms with Crippen molar-refractivity contribution in [3.8, 4) is 0 Å². The summed E-state index contributed by atoms with van der Waals surface area (Å²) in [5, 5.41) is 5.63. The Morgan fingerprint density at radius 2 is 1.95 bits per heavy atom. The van der Waals surface area contributed by atoms with Crippen LogP contribution in [0.25, 0.3) is 0 Å². The highest BCUT2D eigenvalue weighted by atomic mass is 16.2. The Kier molecular flexibility index (Phi) is 3.88. The van der Waals surface area contributed by atoms with E-state index in [4.69, 9.17) is 0 Å². The van der Waals surface area contributed by atoms with Crippen LogP contribution in [-0.2, 0) is 9.59 Å². The van der Waals surface area contributed by atoms with Crippen LogP contribution in [0.2, 0.25) is 0 Å². The topological polar surface area (TPSA) is 53.0 Å². The van der Waals surface area contributed by atoms with Crippen molar-refractivity contribution in [2.24, 2.45) is 5.10 Å². The van der Waals surface area contributed by atoms with E-state index in [1.807, 2.05) is 32.0 Å². The lowest BCUT2D eigenvalue weighted by atomic mass is 10.1. The third-order valence-corrected chi connectivity index (χ3v) is 3.28. The fraction of sp³-hybridized carbons (Fsp3) is 0.400. The minimum Gasteiger partial charge on any atom is -0.344 e. The molecule has 1 heterocycles. The van der Waals surface area contributed by atoms with Crippen LogP contribution in [0, 0.1) is 13.8 Å². The van der Waals surface area contributed by atoms with Crippen LogP contribution in [0.3, 0.4) is 0 Å². The smallest absolute Gasteiger partial charge is 0.269 e. The van der Waals surface area contributed by atoms with Gasteiger partial charge in [0.2, 0.25) is 5.91 Å². The van der Waals surface area contributed by atoms with E-state index < -0.39 is 0 Å². The van der Waals surface area contributed by atoms with Crippen molar-refractivity contribution in [3.63, 3.8) is 0 Å². The Morgan fingerprint density at radius 3 is 2.60 bits per heavy atom. The van der Waals surface area contributed by atoms with E-state index in [0.29, 0.717) is 18.6 Å². The van der Waals surface area contributed by atoms with Crippen molar-refractivity contribution in [3.05, 3.63) is 29.3 Å². The molecule has 5 nitrogen and oxygen atoms in total. The predicted molar refractivity (Wildman–Crippen MR) is 78.8 cm³/mol. The monoisotopic (exact) mass is 273 g/mol. The summed E-state index contributed by atoms with van der Waals surface area (Å²) >= 11 is 0. The molecule has 0 saturated carbocycles. The first-order valence-corrected chi connectivity index (χ1v) is 6.59. The van der Waals surface area contributed by atoms with Crippen molar-refractivity contribution in [2.75, 3.05) is 19.1 Å². The summed E-state index contributed by atoms with van der Waals surface area (Å²) < 4.78 is 0. The number of aryl methyl sites for hydroxylation is 2. The Morgan fingerprint density at radius 1 is 1.25 bits per heavy atom. The number of rotatable bonds is 2. The summed E-state index contributed by atoms with van der Waals surface area (Å²) in [6.45, 7) is 3.90. The molecule has 0 unspecified atom stereocenters. The Balaban J connectivity index is 2.43. The molecular weight excluding hydrogens is 254 g/mol. The Hall–Kier alpha value is -2.17. The number of carbonyl (C=O) groups excluding carboxylic acids is 2. The van der Waals surface area contributed by atoms with Gasteiger partial charge in [0.15, 0.2) is 0 Å². The fourth-order valence-corrected chi connectivity index (χ4v) is 2.10. The first-order valence-electron chi connectivity index (χ1n) is 6.59. The van der Waals surface area contributed by atoms with Crippen molar-refractivity contribution in [2.45, 2.75) is 26.7 Å². The van der Waals surface area contributed by atoms with Gasteiger partial charge in [0.25, 0.3) is 5.91 Å². The summed E-state index contributed by atoms with van der Waals surface area (Å²) in [4.78, 5) is 25.6. The molecule has 5 heteroatoms. The third kappa shape index (κ3) is 2.71. The summed E-state index contributed by atoms with van der Waals surface area (Å²) in [7, 11) is 3.37. The van der Waals surface area contributed by atoms with Gasteiger partial charge in [-0.1, -0.05) is 12.1 Å².